The van der Waals surface area contributed by atoms with Gasteiger partial charge < -0.3 is 56.8 Å². The zero-order chi connectivity index (χ0) is 54.8. The zero-order valence-electron chi connectivity index (χ0n) is 45.0. The highest BCUT2D eigenvalue weighted by Crippen LogP contribution is 2.46. The standard InChI is InChI=1S/C60H54N6O12/c1-67-37-19-13-31(25-43(37)73-7)49-50(32-14-20-38(68-2)44(26-32)74-8)62-56-55(61-49)57-59(65-52(34-16-22-40(70-4)46(28-34)76-10)51(63-57)33-15-21-39(69-3)45(27-33)75-9)60-58(56)64-53(35-17-23-41(71-5)47(29-35)77-11)54(66-60)36-18-24-42(72-6)48(30-36)78-12/h13-30H,1-12H3. The van der Waals surface area contributed by atoms with Crippen molar-refractivity contribution in [3.63, 3.8) is 0 Å². The van der Waals surface area contributed by atoms with Crippen LogP contribution in [0, 0.1) is 0 Å². The Morgan fingerprint density at radius 3 is 0.423 bits per heavy atom. The summed E-state index contributed by atoms with van der Waals surface area (Å²) in [5.41, 5.74) is 8.79. The Morgan fingerprint density at radius 2 is 0.308 bits per heavy atom. The van der Waals surface area contributed by atoms with E-state index in [1.54, 1.807) is 85.3 Å². The van der Waals surface area contributed by atoms with Crippen molar-refractivity contribution in [2.45, 2.75) is 0 Å². The van der Waals surface area contributed by atoms with Crippen LogP contribution in [0.4, 0.5) is 0 Å². The van der Waals surface area contributed by atoms with E-state index in [4.69, 9.17) is 86.7 Å². The zero-order valence-corrected chi connectivity index (χ0v) is 45.0. The molecule has 0 aliphatic carbocycles. The monoisotopic (exact) mass is 1050 g/mol. The van der Waals surface area contributed by atoms with E-state index in [1.165, 1.54) is 0 Å². The molecule has 0 unspecified atom stereocenters. The van der Waals surface area contributed by atoms with Crippen molar-refractivity contribution >= 4 is 33.1 Å². The molecule has 0 fully saturated rings. The first kappa shape index (κ1) is 51.6. The number of methoxy groups -OCH3 is 12. The van der Waals surface area contributed by atoms with Gasteiger partial charge in [0.15, 0.2) is 69.0 Å². The number of hydrogen-bond acceptors (Lipinski definition) is 18. The molecule has 0 amide bonds. The SMILES string of the molecule is COc1ccc(-c2nc3c4nc(-c5ccc(OC)c(OC)c5)c(-c5ccc(OC)c(OC)c5)nc4c4nc(-c5ccc(OC)c(OC)c5)c(-c5ccc(OC)c(OC)c5)nc4c3nc2-c2ccc(OC)c(OC)c2)cc1OC. The maximum atomic E-state index is 5.86. The van der Waals surface area contributed by atoms with Crippen LogP contribution in [0.1, 0.15) is 0 Å². The number of ether oxygens (including phenoxy) is 12. The van der Waals surface area contributed by atoms with Crippen LogP contribution in [0.2, 0.25) is 0 Å². The minimum Gasteiger partial charge on any atom is -0.493 e. The molecule has 10 aromatic rings. The van der Waals surface area contributed by atoms with Gasteiger partial charge in [-0.15, -0.1) is 0 Å². The summed E-state index contributed by atoms with van der Waals surface area (Å²) in [6, 6.07) is 33.4. The predicted octanol–water partition coefficient (Wildman–Crippen LogP) is 11.6. The molecule has 0 bridgehead atoms. The van der Waals surface area contributed by atoms with Crippen LogP contribution in [0.25, 0.3) is 101 Å². The molecular weight excluding hydrogens is 997 g/mol. The summed E-state index contributed by atoms with van der Waals surface area (Å²) in [7, 11) is 19.0. The summed E-state index contributed by atoms with van der Waals surface area (Å²) in [5, 5.41) is 0. The Balaban J connectivity index is 1.45. The van der Waals surface area contributed by atoms with E-state index in [0.29, 0.717) is 170 Å². The largest absolute Gasteiger partial charge is 0.493 e. The molecule has 0 spiro atoms. The first-order valence-corrected chi connectivity index (χ1v) is 24.2. The molecule has 0 saturated carbocycles. The number of aromatic nitrogens is 6. The van der Waals surface area contributed by atoms with Gasteiger partial charge in [-0.1, -0.05) is 0 Å². The summed E-state index contributed by atoms with van der Waals surface area (Å²) in [5.74, 6) is 5.98. The first-order chi connectivity index (χ1) is 38.1. The summed E-state index contributed by atoms with van der Waals surface area (Å²) in [4.78, 5) is 33.6. The van der Waals surface area contributed by atoms with Gasteiger partial charge in [0.05, 0.1) is 119 Å². The molecule has 0 atom stereocenters. The third kappa shape index (κ3) is 9.05. The van der Waals surface area contributed by atoms with Crippen LogP contribution < -0.4 is 56.8 Å². The van der Waals surface area contributed by atoms with Gasteiger partial charge in [-0.05, 0) is 109 Å². The fourth-order valence-corrected chi connectivity index (χ4v) is 9.41. The van der Waals surface area contributed by atoms with Crippen molar-refractivity contribution in [2.24, 2.45) is 0 Å². The molecule has 0 aliphatic heterocycles. The van der Waals surface area contributed by atoms with Gasteiger partial charge >= 0.3 is 0 Å². The van der Waals surface area contributed by atoms with Gasteiger partial charge in [-0.2, -0.15) is 0 Å². The maximum absolute atomic E-state index is 5.86. The Hall–Kier alpha value is -9.84. The quantitative estimate of drug-likeness (QED) is 0.0737. The summed E-state index contributed by atoms with van der Waals surface area (Å²) in [6.07, 6.45) is 0. The van der Waals surface area contributed by atoms with E-state index < -0.39 is 0 Å². The molecule has 7 aromatic carbocycles. The summed E-state index contributed by atoms with van der Waals surface area (Å²) in [6.45, 7) is 0. The van der Waals surface area contributed by atoms with Crippen molar-refractivity contribution < 1.29 is 56.8 Å². The number of benzene rings is 7. The molecule has 0 saturated heterocycles. The molecule has 18 heteroatoms. The van der Waals surface area contributed by atoms with Crippen LogP contribution in [-0.4, -0.2) is 115 Å². The lowest BCUT2D eigenvalue weighted by molar-refractivity contribution is 0.355. The molecule has 78 heavy (non-hydrogen) atoms. The highest BCUT2D eigenvalue weighted by atomic mass is 16.5. The lowest BCUT2D eigenvalue weighted by Gasteiger charge is -2.19. The molecule has 0 N–H and O–H groups in total. The smallest absolute Gasteiger partial charge is 0.161 e. The first-order valence-electron chi connectivity index (χ1n) is 24.2. The lowest BCUT2D eigenvalue weighted by atomic mass is 10.00. The van der Waals surface area contributed by atoms with E-state index in [2.05, 4.69) is 0 Å². The van der Waals surface area contributed by atoms with E-state index in [9.17, 15) is 0 Å². The van der Waals surface area contributed by atoms with Gasteiger partial charge in [0.1, 0.15) is 33.1 Å². The number of hydrogen-bond donors (Lipinski definition) is 0. The van der Waals surface area contributed by atoms with E-state index in [1.807, 2.05) is 109 Å². The third-order valence-electron chi connectivity index (χ3n) is 13.3. The normalized spacial score (nSPS) is 11.1. The molecule has 3 aromatic heterocycles. The van der Waals surface area contributed by atoms with Crippen LogP contribution in [0.15, 0.2) is 109 Å². The van der Waals surface area contributed by atoms with Crippen molar-refractivity contribution in [3.05, 3.63) is 109 Å². The molecule has 18 nitrogen and oxygen atoms in total. The molecule has 10 rings (SSSR count). The molecule has 0 radical (unpaired) electrons. The van der Waals surface area contributed by atoms with Crippen molar-refractivity contribution in [3.8, 4) is 137 Å². The summed E-state index contributed by atoms with van der Waals surface area (Å²) < 4.78 is 69.3. The maximum Gasteiger partial charge on any atom is 0.161 e. The third-order valence-corrected chi connectivity index (χ3v) is 13.3. The minimum atomic E-state index is 0.353. The molecule has 396 valence electrons. The lowest BCUT2D eigenvalue weighted by Crippen LogP contribution is -2.05. The average molecular weight is 1050 g/mol. The van der Waals surface area contributed by atoms with Crippen LogP contribution >= 0.6 is 0 Å². The van der Waals surface area contributed by atoms with Crippen LogP contribution in [-0.2, 0) is 0 Å². The minimum absolute atomic E-state index is 0.353. The Labute approximate surface area is 449 Å². The van der Waals surface area contributed by atoms with Crippen molar-refractivity contribution in [1.82, 2.24) is 29.9 Å². The topological polar surface area (TPSA) is 188 Å². The number of rotatable bonds is 18. The van der Waals surface area contributed by atoms with E-state index in [-0.39, 0.29) is 0 Å². The van der Waals surface area contributed by atoms with Crippen molar-refractivity contribution in [1.29, 1.82) is 0 Å². The second kappa shape index (κ2) is 21.8. The fourth-order valence-electron chi connectivity index (χ4n) is 9.41. The van der Waals surface area contributed by atoms with Gasteiger partial charge in [-0.25, -0.2) is 29.9 Å². The molecule has 3 heterocycles. The van der Waals surface area contributed by atoms with Crippen LogP contribution in [0.5, 0.6) is 69.0 Å². The Morgan fingerprint density at radius 1 is 0.179 bits per heavy atom. The Kier molecular flexibility index (Phi) is 14.4. The molecular formula is C60H54N6O12. The number of fused-ring (bicyclic) bond motifs is 6. The van der Waals surface area contributed by atoms with E-state index >= 15 is 0 Å². The predicted molar refractivity (Wildman–Crippen MR) is 297 cm³/mol. The van der Waals surface area contributed by atoms with Crippen LogP contribution in [0.3, 0.4) is 0 Å². The number of nitrogens with zero attached hydrogens (tertiary/aromatic N) is 6. The highest BCUT2D eigenvalue weighted by Gasteiger charge is 2.28. The van der Waals surface area contributed by atoms with E-state index in [0.717, 1.165) is 0 Å². The highest BCUT2D eigenvalue weighted by molar-refractivity contribution is 6.20. The summed E-state index contributed by atoms with van der Waals surface area (Å²) >= 11 is 0. The van der Waals surface area contributed by atoms with Gasteiger partial charge in [0, 0.05) is 33.4 Å². The van der Waals surface area contributed by atoms with Gasteiger partial charge in [-0.3, -0.25) is 0 Å². The second-order valence-electron chi connectivity index (χ2n) is 17.3. The molecule has 0 aliphatic rings. The Bertz CT molecular complexity index is 3270. The van der Waals surface area contributed by atoms with Crippen molar-refractivity contribution in [2.75, 3.05) is 85.3 Å². The average Bonchev–Trinajstić information content (AvgIpc) is 3.68. The fraction of sp³-hybridized carbons (Fsp3) is 0.200. The second-order valence-corrected chi connectivity index (χ2v) is 17.3. The van der Waals surface area contributed by atoms with Gasteiger partial charge in [0.25, 0.3) is 0 Å². The van der Waals surface area contributed by atoms with Gasteiger partial charge in [0.2, 0.25) is 0 Å².